The predicted molar refractivity (Wildman–Crippen MR) is 73.8 cm³/mol. The minimum atomic E-state index is -0.446. The van der Waals surface area contributed by atoms with E-state index in [0.29, 0.717) is 11.4 Å². The van der Waals surface area contributed by atoms with Gasteiger partial charge < -0.3 is 15.4 Å². The zero-order valence-corrected chi connectivity index (χ0v) is 11.1. The first-order chi connectivity index (χ1) is 9.52. The summed E-state index contributed by atoms with van der Waals surface area (Å²) in [7, 11) is 0. The maximum atomic E-state index is 11.7. The molecule has 0 aliphatic carbocycles. The average molecular weight is 273 g/mol. The monoisotopic (exact) mass is 273 g/mol. The summed E-state index contributed by atoms with van der Waals surface area (Å²) < 4.78 is 0. The Labute approximate surface area is 116 Å². The van der Waals surface area contributed by atoms with Crippen LogP contribution in [0, 0.1) is 11.3 Å². The Morgan fingerprint density at radius 3 is 2.10 bits per heavy atom. The summed E-state index contributed by atoms with van der Waals surface area (Å²) in [6.45, 7) is 1.42. The zero-order valence-electron chi connectivity index (χ0n) is 11.1. The lowest BCUT2D eigenvalue weighted by molar-refractivity contribution is -0.121. The van der Waals surface area contributed by atoms with Crippen LogP contribution in [0.15, 0.2) is 24.3 Å². The molecule has 0 aliphatic rings. The van der Waals surface area contributed by atoms with E-state index in [2.05, 4.69) is 10.6 Å². The molecule has 0 aromatic heterocycles. The molecule has 0 saturated carbocycles. The van der Waals surface area contributed by atoms with E-state index in [4.69, 9.17) is 5.26 Å². The van der Waals surface area contributed by atoms with Crippen molar-refractivity contribution in [2.45, 2.75) is 26.2 Å². The van der Waals surface area contributed by atoms with E-state index in [-0.39, 0.29) is 31.0 Å². The standard InChI is InChI=1S/C14H15N3O3/c1-10(18)6-7-13(19)16-11-4-2-3-5-12(11)17-14(20)8-9-15/h2-5H,6-8H2,1H3,(H,16,19)(H,17,20). The van der Waals surface area contributed by atoms with Crippen molar-refractivity contribution >= 4 is 29.0 Å². The lowest BCUT2D eigenvalue weighted by Crippen LogP contribution is -2.16. The fourth-order valence-electron chi connectivity index (χ4n) is 1.47. The minimum absolute atomic E-state index is 0.0595. The normalized spacial score (nSPS) is 9.40. The number of nitrogens with zero attached hydrogens (tertiary/aromatic N) is 1. The van der Waals surface area contributed by atoms with Crippen LogP contribution >= 0.6 is 0 Å². The van der Waals surface area contributed by atoms with Gasteiger partial charge in [-0.15, -0.1) is 0 Å². The summed E-state index contributed by atoms with van der Waals surface area (Å²) in [5.41, 5.74) is 0.858. The van der Waals surface area contributed by atoms with Crippen LogP contribution in [0.4, 0.5) is 11.4 Å². The lowest BCUT2D eigenvalue weighted by atomic mass is 10.2. The van der Waals surface area contributed by atoms with E-state index in [9.17, 15) is 14.4 Å². The van der Waals surface area contributed by atoms with Crippen LogP contribution in [0.25, 0.3) is 0 Å². The number of carbonyl (C=O) groups is 3. The summed E-state index contributed by atoms with van der Waals surface area (Å²) in [6.07, 6.45) is 0.0111. The Morgan fingerprint density at radius 1 is 1.05 bits per heavy atom. The molecule has 20 heavy (non-hydrogen) atoms. The Balaban J connectivity index is 2.70. The molecule has 6 heteroatoms. The molecular formula is C14H15N3O3. The van der Waals surface area contributed by atoms with Crippen molar-refractivity contribution < 1.29 is 14.4 Å². The first-order valence-corrected chi connectivity index (χ1v) is 6.08. The van der Waals surface area contributed by atoms with Crippen LogP contribution in [0.1, 0.15) is 26.2 Å². The molecule has 0 fully saturated rings. The van der Waals surface area contributed by atoms with Crippen molar-refractivity contribution in [1.82, 2.24) is 0 Å². The van der Waals surface area contributed by atoms with E-state index in [1.165, 1.54) is 6.92 Å². The van der Waals surface area contributed by atoms with Gasteiger partial charge >= 0.3 is 0 Å². The summed E-state index contributed by atoms with van der Waals surface area (Å²) in [6, 6.07) is 8.41. The third-order valence-electron chi connectivity index (χ3n) is 2.42. The molecule has 0 unspecified atom stereocenters. The van der Waals surface area contributed by atoms with E-state index in [1.54, 1.807) is 30.3 Å². The van der Waals surface area contributed by atoms with E-state index >= 15 is 0 Å². The third kappa shape index (κ3) is 5.31. The van der Waals surface area contributed by atoms with Crippen molar-refractivity contribution in [3.63, 3.8) is 0 Å². The van der Waals surface area contributed by atoms with Gasteiger partial charge in [-0.2, -0.15) is 5.26 Å². The van der Waals surface area contributed by atoms with Gasteiger partial charge in [0.25, 0.3) is 0 Å². The smallest absolute Gasteiger partial charge is 0.238 e. The van der Waals surface area contributed by atoms with Gasteiger partial charge in [-0.25, -0.2) is 0 Å². The molecule has 2 N–H and O–H groups in total. The highest BCUT2D eigenvalue weighted by atomic mass is 16.2. The number of hydrogen-bond donors (Lipinski definition) is 2. The Morgan fingerprint density at radius 2 is 1.60 bits per heavy atom. The van der Waals surface area contributed by atoms with Crippen LogP contribution in [0.3, 0.4) is 0 Å². The van der Waals surface area contributed by atoms with Crippen molar-refractivity contribution in [2.75, 3.05) is 10.6 Å². The molecule has 0 heterocycles. The predicted octanol–water partition coefficient (Wildman–Crippen LogP) is 1.85. The first kappa shape index (κ1) is 15.4. The van der Waals surface area contributed by atoms with Gasteiger partial charge in [0.05, 0.1) is 17.4 Å². The van der Waals surface area contributed by atoms with Gasteiger partial charge in [-0.3, -0.25) is 9.59 Å². The minimum Gasteiger partial charge on any atom is -0.324 e. The highest BCUT2D eigenvalue weighted by Crippen LogP contribution is 2.21. The number of nitriles is 1. The molecule has 1 rings (SSSR count). The number of ketones is 1. The number of nitrogens with one attached hydrogen (secondary N) is 2. The molecule has 0 bridgehead atoms. The molecule has 0 spiro atoms. The van der Waals surface area contributed by atoms with Crippen molar-refractivity contribution in [1.29, 1.82) is 5.26 Å². The quantitative estimate of drug-likeness (QED) is 0.826. The molecule has 1 aromatic rings. The van der Waals surface area contributed by atoms with Gasteiger partial charge in [0.1, 0.15) is 12.2 Å². The maximum Gasteiger partial charge on any atom is 0.238 e. The van der Waals surface area contributed by atoms with Crippen LogP contribution in [0.2, 0.25) is 0 Å². The highest BCUT2D eigenvalue weighted by Gasteiger charge is 2.09. The maximum absolute atomic E-state index is 11.7. The number of anilines is 2. The van der Waals surface area contributed by atoms with E-state index in [0.717, 1.165) is 0 Å². The van der Waals surface area contributed by atoms with Crippen LogP contribution in [-0.4, -0.2) is 17.6 Å². The molecule has 1 aromatic carbocycles. The SMILES string of the molecule is CC(=O)CCC(=O)Nc1ccccc1NC(=O)CC#N. The summed E-state index contributed by atoms with van der Waals surface area (Å²) in [5.74, 6) is -0.809. The summed E-state index contributed by atoms with van der Waals surface area (Å²) in [4.78, 5) is 33.8. The van der Waals surface area contributed by atoms with Gasteiger partial charge in [-0.05, 0) is 19.1 Å². The molecule has 0 atom stereocenters. The van der Waals surface area contributed by atoms with Gasteiger partial charge in [0, 0.05) is 12.8 Å². The lowest BCUT2D eigenvalue weighted by Gasteiger charge is -2.11. The molecule has 6 nitrogen and oxygen atoms in total. The Kier molecular flexibility index (Phi) is 5.91. The Bertz CT molecular complexity index is 561. The number of benzene rings is 1. The average Bonchev–Trinajstić information content (AvgIpc) is 2.39. The van der Waals surface area contributed by atoms with Crippen molar-refractivity contribution in [3.05, 3.63) is 24.3 Å². The summed E-state index contributed by atoms with van der Waals surface area (Å²) in [5, 5.41) is 13.6. The van der Waals surface area contributed by atoms with Crippen LogP contribution in [-0.2, 0) is 14.4 Å². The molecule has 2 amide bonds. The van der Waals surface area contributed by atoms with Crippen LogP contribution < -0.4 is 10.6 Å². The number of rotatable bonds is 6. The van der Waals surface area contributed by atoms with E-state index < -0.39 is 5.91 Å². The fraction of sp³-hybridized carbons (Fsp3) is 0.286. The largest absolute Gasteiger partial charge is 0.324 e. The second-order valence-electron chi connectivity index (χ2n) is 4.18. The summed E-state index contributed by atoms with van der Waals surface area (Å²) >= 11 is 0. The number of para-hydroxylation sites is 2. The fourth-order valence-corrected chi connectivity index (χ4v) is 1.47. The Hall–Kier alpha value is -2.68. The topological polar surface area (TPSA) is 99.1 Å². The van der Waals surface area contributed by atoms with Crippen molar-refractivity contribution in [2.24, 2.45) is 0 Å². The van der Waals surface area contributed by atoms with Crippen molar-refractivity contribution in [3.8, 4) is 6.07 Å². The number of carbonyl (C=O) groups excluding carboxylic acids is 3. The molecule has 0 aliphatic heterocycles. The number of hydrogen-bond acceptors (Lipinski definition) is 4. The molecule has 0 radical (unpaired) electrons. The third-order valence-corrected chi connectivity index (χ3v) is 2.42. The second kappa shape index (κ2) is 7.69. The molecular weight excluding hydrogens is 258 g/mol. The van der Waals surface area contributed by atoms with Gasteiger partial charge in [-0.1, -0.05) is 12.1 Å². The second-order valence-corrected chi connectivity index (χ2v) is 4.18. The highest BCUT2D eigenvalue weighted by molar-refractivity contribution is 6.00. The van der Waals surface area contributed by atoms with Gasteiger partial charge in [0.15, 0.2) is 0 Å². The number of amides is 2. The van der Waals surface area contributed by atoms with Gasteiger partial charge in [0.2, 0.25) is 11.8 Å². The number of Topliss-reactive ketones (excluding diaryl/α,β-unsaturated/α-hetero) is 1. The van der Waals surface area contributed by atoms with Crippen LogP contribution in [0.5, 0.6) is 0 Å². The first-order valence-electron chi connectivity index (χ1n) is 6.08. The molecule has 104 valence electrons. The van der Waals surface area contributed by atoms with E-state index in [1.807, 2.05) is 0 Å². The molecule has 0 saturated heterocycles. The zero-order chi connectivity index (χ0) is 15.0.